The Bertz CT molecular complexity index is 993. The Morgan fingerprint density at radius 2 is 1.40 bits per heavy atom. The van der Waals surface area contributed by atoms with Gasteiger partial charge in [-0.05, 0) is 31.2 Å². The number of carbonyl (C=O) groups is 2. The second kappa shape index (κ2) is 9.60. The predicted octanol–water partition coefficient (Wildman–Crippen LogP) is 4.55. The van der Waals surface area contributed by atoms with Crippen LogP contribution in [0.1, 0.15) is 27.6 Å². The largest absolute Gasteiger partial charge is 0.496 e. The quantitative estimate of drug-likeness (QED) is 0.584. The number of esters is 1. The van der Waals surface area contributed by atoms with Gasteiger partial charge in [-0.1, -0.05) is 54.1 Å². The summed E-state index contributed by atoms with van der Waals surface area (Å²) in [6.45, 7) is 1.96. The second-order valence-electron chi connectivity index (χ2n) is 6.59. The minimum absolute atomic E-state index is 0.117. The van der Waals surface area contributed by atoms with Crippen molar-refractivity contribution in [3.63, 3.8) is 0 Å². The lowest BCUT2D eigenvalue weighted by Crippen LogP contribution is -2.26. The van der Waals surface area contributed by atoms with E-state index in [0.29, 0.717) is 22.7 Å². The van der Waals surface area contributed by atoms with Crippen LogP contribution in [-0.4, -0.2) is 26.1 Å². The standard InChI is InChI=1S/C24H23NO5/c1-16-12-14-18(15-13-16)25-23(26)22(17-8-5-4-6-9-17)30-24(27)21-19(28-2)10-7-11-20(21)29-3/h4-15,22H,1-3H3,(H,25,26)/t22-/m0/s1. The highest BCUT2D eigenvalue weighted by Crippen LogP contribution is 2.31. The lowest BCUT2D eigenvalue weighted by atomic mass is 10.1. The molecule has 6 nitrogen and oxygen atoms in total. The first-order chi connectivity index (χ1) is 14.5. The van der Waals surface area contributed by atoms with E-state index in [4.69, 9.17) is 14.2 Å². The van der Waals surface area contributed by atoms with Gasteiger partial charge in [0.05, 0.1) is 14.2 Å². The number of rotatable bonds is 7. The molecule has 1 atom stereocenters. The fraction of sp³-hybridized carbons (Fsp3) is 0.167. The molecule has 0 aliphatic carbocycles. The molecule has 0 aromatic heterocycles. The van der Waals surface area contributed by atoms with Crippen LogP contribution < -0.4 is 14.8 Å². The van der Waals surface area contributed by atoms with Crippen molar-refractivity contribution in [1.29, 1.82) is 0 Å². The van der Waals surface area contributed by atoms with Gasteiger partial charge in [0.15, 0.2) is 0 Å². The Balaban J connectivity index is 1.91. The summed E-state index contributed by atoms with van der Waals surface area (Å²) in [6, 6.07) is 21.2. The molecule has 0 aliphatic rings. The van der Waals surface area contributed by atoms with Crippen molar-refractivity contribution >= 4 is 17.6 Å². The zero-order chi connectivity index (χ0) is 21.5. The summed E-state index contributed by atoms with van der Waals surface area (Å²) in [7, 11) is 2.90. The van der Waals surface area contributed by atoms with E-state index in [1.807, 2.05) is 25.1 Å². The summed E-state index contributed by atoms with van der Waals surface area (Å²) >= 11 is 0. The van der Waals surface area contributed by atoms with Gasteiger partial charge in [0.2, 0.25) is 6.10 Å². The predicted molar refractivity (Wildman–Crippen MR) is 114 cm³/mol. The highest BCUT2D eigenvalue weighted by molar-refractivity contribution is 6.00. The fourth-order valence-electron chi connectivity index (χ4n) is 2.96. The third kappa shape index (κ3) is 4.78. The van der Waals surface area contributed by atoms with Gasteiger partial charge in [-0.3, -0.25) is 4.79 Å². The number of anilines is 1. The van der Waals surface area contributed by atoms with Crippen LogP contribution >= 0.6 is 0 Å². The molecule has 3 aromatic rings. The van der Waals surface area contributed by atoms with Gasteiger partial charge < -0.3 is 19.5 Å². The molecular formula is C24H23NO5. The van der Waals surface area contributed by atoms with E-state index in [-0.39, 0.29) is 5.56 Å². The zero-order valence-corrected chi connectivity index (χ0v) is 17.0. The topological polar surface area (TPSA) is 73.9 Å². The summed E-state index contributed by atoms with van der Waals surface area (Å²) in [5.74, 6) is -0.598. The van der Waals surface area contributed by atoms with Crippen molar-refractivity contribution in [2.45, 2.75) is 13.0 Å². The molecule has 0 unspecified atom stereocenters. The normalized spacial score (nSPS) is 11.3. The van der Waals surface area contributed by atoms with Crippen LogP contribution in [0.5, 0.6) is 11.5 Å². The van der Waals surface area contributed by atoms with Crippen LogP contribution in [0.15, 0.2) is 72.8 Å². The molecular weight excluding hydrogens is 382 g/mol. The molecule has 6 heteroatoms. The number of methoxy groups -OCH3 is 2. The lowest BCUT2D eigenvalue weighted by Gasteiger charge is -2.20. The Labute approximate surface area is 175 Å². The van der Waals surface area contributed by atoms with E-state index in [1.165, 1.54) is 14.2 Å². The van der Waals surface area contributed by atoms with Crippen LogP contribution in [0.25, 0.3) is 0 Å². The van der Waals surface area contributed by atoms with Gasteiger partial charge in [0, 0.05) is 11.3 Å². The Hall–Kier alpha value is -3.80. The van der Waals surface area contributed by atoms with Gasteiger partial charge in [0.25, 0.3) is 5.91 Å². The maximum Gasteiger partial charge on any atom is 0.346 e. The van der Waals surface area contributed by atoms with Gasteiger partial charge in [-0.25, -0.2) is 4.79 Å². The zero-order valence-electron chi connectivity index (χ0n) is 17.0. The number of nitrogens with one attached hydrogen (secondary N) is 1. The maximum absolute atomic E-state index is 13.0. The fourth-order valence-corrected chi connectivity index (χ4v) is 2.96. The van der Waals surface area contributed by atoms with Crippen molar-refractivity contribution in [3.8, 4) is 11.5 Å². The van der Waals surface area contributed by atoms with Gasteiger partial charge in [-0.2, -0.15) is 0 Å². The van der Waals surface area contributed by atoms with Crippen molar-refractivity contribution in [2.24, 2.45) is 0 Å². The minimum Gasteiger partial charge on any atom is -0.496 e. The average Bonchev–Trinajstić information content (AvgIpc) is 2.78. The monoisotopic (exact) mass is 405 g/mol. The maximum atomic E-state index is 13.0. The van der Waals surface area contributed by atoms with E-state index in [2.05, 4.69) is 5.32 Å². The van der Waals surface area contributed by atoms with Gasteiger partial charge in [0.1, 0.15) is 17.1 Å². The van der Waals surface area contributed by atoms with Crippen molar-refractivity contribution in [1.82, 2.24) is 0 Å². The molecule has 0 spiro atoms. The van der Waals surface area contributed by atoms with Crippen molar-refractivity contribution in [3.05, 3.63) is 89.5 Å². The second-order valence-corrected chi connectivity index (χ2v) is 6.59. The van der Waals surface area contributed by atoms with Crippen LogP contribution in [-0.2, 0) is 9.53 Å². The highest BCUT2D eigenvalue weighted by Gasteiger charge is 2.29. The summed E-state index contributed by atoms with van der Waals surface area (Å²) in [6.07, 6.45) is -1.16. The molecule has 0 heterocycles. The number of hydrogen-bond donors (Lipinski definition) is 1. The molecule has 3 aromatic carbocycles. The Morgan fingerprint density at radius 1 is 0.800 bits per heavy atom. The van der Waals surface area contributed by atoms with Crippen LogP contribution in [0.4, 0.5) is 5.69 Å². The SMILES string of the molecule is COc1cccc(OC)c1C(=O)O[C@H](C(=O)Nc1ccc(C)cc1)c1ccccc1. The van der Waals surface area contributed by atoms with Crippen LogP contribution in [0.3, 0.4) is 0 Å². The minimum atomic E-state index is -1.16. The number of carbonyl (C=O) groups excluding carboxylic acids is 2. The first kappa shape index (κ1) is 20.9. The highest BCUT2D eigenvalue weighted by atomic mass is 16.6. The number of benzene rings is 3. The number of hydrogen-bond acceptors (Lipinski definition) is 5. The molecule has 0 saturated carbocycles. The average molecular weight is 405 g/mol. The van der Waals surface area contributed by atoms with Crippen molar-refractivity contribution in [2.75, 3.05) is 19.5 Å². The first-order valence-electron chi connectivity index (χ1n) is 9.38. The molecule has 3 rings (SSSR count). The smallest absolute Gasteiger partial charge is 0.346 e. The molecule has 30 heavy (non-hydrogen) atoms. The van der Waals surface area contributed by atoms with E-state index in [1.54, 1.807) is 54.6 Å². The molecule has 1 amide bonds. The third-order valence-corrected chi connectivity index (χ3v) is 4.52. The first-order valence-corrected chi connectivity index (χ1v) is 9.38. The summed E-state index contributed by atoms with van der Waals surface area (Å²) in [5.41, 5.74) is 2.34. The summed E-state index contributed by atoms with van der Waals surface area (Å²) < 4.78 is 16.2. The summed E-state index contributed by atoms with van der Waals surface area (Å²) in [4.78, 5) is 26.1. The van der Waals surface area contributed by atoms with Crippen LogP contribution in [0, 0.1) is 6.92 Å². The van der Waals surface area contributed by atoms with E-state index in [0.717, 1.165) is 5.56 Å². The van der Waals surface area contributed by atoms with Gasteiger partial charge >= 0.3 is 5.97 Å². The van der Waals surface area contributed by atoms with E-state index in [9.17, 15) is 9.59 Å². The third-order valence-electron chi connectivity index (χ3n) is 4.52. The Kier molecular flexibility index (Phi) is 6.70. The number of ether oxygens (including phenoxy) is 3. The number of amides is 1. The molecule has 154 valence electrons. The molecule has 1 N–H and O–H groups in total. The van der Waals surface area contributed by atoms with E-state index < -0.39 is 18.0 Å². The number of aryl methyl sites for hydroxylation is 1. The molecule has 0 fully saturated rings. The van der Waals surface area contributed by atoms with Crippen molar-refractivity contribution < 1.29 is 23.8 Å². The lowest BCUT2D eigenvalue weighted by molar-refractivity contribution is -0.125. The molecule has 0 bridgehead atoms. The van der Waals surface area contributed by atoms with Gasteiger partial charge in [-0.15, -0.1) is 0 Å². The van der Waals surface area contributed by atoms with E-state index >= 15 is 0 Å². The Morgan fingerprint density at radius 3 is 1.97 bits per heavy atom. The summed E-state index contributed by atoms with van der Waals surface area (Å²) in [5, 5.41) is 2.80. The molecule has 0 radical (unpaired) electrons. The molecule has 0 saturated heterocycles. The molecule has 0 aliphatic heterocycles. The van der Waals surface area contributed by atoms with Crippen LogP contribution in [0.2, 0.25) is 0 Å².